The molecule has 2 aliphatic rings. The van der Waals surface area contributed by atoms with Gasteiger partial charge in [-0.2, -0.15) is 0 Å². The van der Waals surface area contributed by atoms with Gasteiger partial charge in [0.25, 0.3) is 11.1 Å². The van der Waals surface area contributed by atoms with Gasteiger partial charge in [-0.1, -0.05) is 36.4 Å². The van der Waals surface area contributed by atoms with Crippen molar-refractivity contribution >= 4 is 28.7 Å². The number of amides is 2. The molecule has 2 amide bonds. The van der Waals surface area contributed by atoms with Crippen LogP contribution in [-0.4, -0.2) is 35.3 Å². The van der Waals surface area contributed by atoms with Gasteiger partial charge in [0.05, 0.1) is 0 Å². The lowest BCUT2D eigenvalue weighted by molar-refractivity contribution is -0.115. The maximum atomic E-state index is 12.1. The van der Waals surface area contributed by atoms with Crippen molar-refractivity contribution in [3.63, 3.8) is 0 Å². The minimum atomic E-state index is -0.408. The van der Waals surface area contributed by atoms with Crippen LogP contribution in [0.1, 0.15) is 23.6 Å². The fraction of sp³-hybridized carbons (Fsp3) is 0.250. The molecule has 1 aromatic carbocycles. The maximum Gasteiger partial charge on any atom is 0.291 e. The number of rotatable bonds is 5. The van der Waals surface area contributed by atoms with E-state index >= 15 is 0 Å². The molecule has 4 rings (SSSR count). The molecule has 0 spiro atoms. The first-order chi connectivity index (χ1) is 13.2. The highest BCUT2D eigenvalue weighted by Crippen LogP contribution is 2.33. The van der Waals surface area contributed by atoms with Crippen molar-refractivity contribution in [1.29, 1.82) is 0 Å². The highest BCUT2D eigenvalue weighted by molar-refractivity contribution is 8.18. The summed E-state index contributed by atoms with van der Waals surface area (Å²) >= 11 is 0.881. The normalized spacial score (nSPS) is 24.0. The molecule has 2 atom stereocenters. The lowest BCUT2D eigenvalue weighted by Gasteiger charge is -2.16. The van der Waals surface area contributed by atoms with Gasteiger partial charge in [-0.05, 0) is 30.3 Å². The Balaban J connectivity index is 1.48. The third-order valence-corrected chi connectivity index (χ3v) is 5.48. The quantitative estimate of drug-likeness (QED) is 0.612. The second kappa shape index (κ2) is 7.94. The number of hydrogen-bond donors (Lipinski definition) is 2. The van der Waals surface area contributed by atoms with Crippen LogP contribution >= 0.6 is 11.8 Å². The SMILES string of the molecule is O=C1NC(=O)C(=C(OC[C@@H]2CC(c3ccccn3)CN2)c2ccccc2)S1. The number of hydrogen-bond acceptors (Lipinski definition) is 6. The summed E-state index contributed by atoms with van der Waals surface area (Å²) in [6.07, 6.45) is 2.72. The molecule has 6 nitrogen and oxygen atoms in total. The summed E-state index contributed by atoms with van der Waals surface area (Å²) in [7, 11) is 0. The van der Waals surface area contributed by atoms with Crippen LogP contribution in [-0.2, 0) is 9.53 Å². The number of carbonyl (C=O) groups is 2. The molecule has 1 unspecified atom stereocenters. The molecule has 2 fully saturated rings. The summed E-state index contributed by atoms with van der Waals surface area (Å²) in [6.45, 7) is 1.26. The van der Waals surface area contributed by atoms with Gasteiger partial charge < -0.3 is 10.1 Å². The van der Waals surface area contributed by atoms with E-state index in [1.165, 1.54) is 0 Å². The molecular weight excluding hydrogens is 362 g/mol. The molecule has 2 saturated heterocycles. The maximum absolute atomic E-state index is 12.1. The van der Waals surface area contributed by atoms with Crippen LogP contribution in [0.5, 0.6) is 0 Å². The molecule has 2 N–H and O–H groups in total. The number of ether oxygens (including phenoxy) is 1. The van der Waals surface area contributed by atoms with Crippen LogP contribution in [0, 0.1) is 0 Å². The van der Waals surface area contributed by atoms with Crippen molar-refractivity contribution in [2.75, 3.05) is 13.2 Å². The molecule has 7 heteroatoms. The Labute approximate surface area is 161 Å². The van der Waals surface area contributed by atoms with Crippen LogP contribution < -0.4 is 10.6 Å². The summed E-state index contributed by atoms with van der Waals surface area (Å²) in [5.74, 6) is 0.389. The van der Waals surface area contributed by atoms with Gasteiger partial charge >= 0.3 is 0 Å². The van der Waals surface area contributed by atoms with Crippen LogP contribution in [0.2, 0.25) is 0 Å². The number of pyridine rings is 1. The molecule has 2 aromatic rings. The van der Waals surface area contributed by atoms with Gasteiger partial charge in [0.15, 0.2) is 0 Å². The van der Waals surface area contributed by atoms with Crippen LogP contribution in [0.15, 0.2) is 59.6 Å². The lowest BCUT2D eigenvalue weighted by Crippen LogP contribution is -2.27. The van der Waals surface area contributed by atoms with Gasteiger partial charge in [-0.3, -0.25) is 19.9 Å². The molecule has 3 heterocycles. The number of imide groups is 1. The molecule has 2 aliphatic heterocycles. The minimum Gasteiger partial charge on any atom is -0.490 e. The average Bonchev–Trinajstić information content (AvgIpc) is 3.30. The number of aromatic nitrogens is 1. The summed E-state index contributed by atoms with van der Waals surface area (Å²) < 4.78 is 6.06. The van der Waals surface area contributed by atoms with E-state index in [2.05, 4.69) is 15.6 Å². The molecule has 27 heavy (non-hydrogen) atoms. The van der Waals surface area contributed by atoms with Crippen molar-refractivity contribution in [1.82, 2.24) is 15.6 Å². The van der Waals surface area contributed by atoms with E-state index in [1.807, 2.05) is 54.7 Å². The zero-order valence-electron chi connectivity index (χ0n) is 14.6. The minimum absolute atomic E-state index is 0.154. The summed E-state index contributed by atoms with van der Waals surface area (Å²) in [5, 5.41) is 5.38. The smallest absolute Gasteiger partial charge is 0.291 e. The van der Waals surface area contributed by atoms with E-state index in [9.17, 15) is 9.59 Å². The van der Waals surface area contributed by atoms with Crippen molar-refractivity contribution < 1.29 is 14.3 Å². The fourth-order valence-corrected chi connectivity index (χ4v) is 4.05. The molecule has 0 saturated carbocycles. The van der Waals surface area contributed by atoms with Gasteiger partial charge in [0.1, 0.15) is 17.3 Å². The zero-order valence-corrected chi connectivity index (χ0v) is 15.4. The third kappa shape index (κ3) is 4.04. The zero-order chi connectivity index (χ0) is 18.6. The van der Waals surface area contributed by atoms with Gasteiger partial charge in [0, 0.05) is 36.0 Å². The van der Waals surface area contributed by atoms with Crippen LogP contribution in [0.25, 0.3) is 5.76 Å². The molecule has 0 bridgehead atoms. The summed E-state index contributed by atoms with van der Waals surface area (Å²) in [6, 6.07) is 15.5. The van der Waals surface area contributed by atoms with E-state index < -0.39 is 5.91 Å². The van der Waals surface area contributed by atoms with E-state index in [0.29, 0.717) is 23.2 Å². The Hall–Kier alpha value is -2.64. The number of nitrogens with zero attached hydrogens (tertiary/aromatic N) is 1. The first-order valence-corrected chi connectivity index (χ1v) is 9.62. The molecule has 0 radical (unpaired) electrons. The Morgan fingerprint density at radius 1 is 1.15 bits per heavy atom. The first-order valence-electron chi connectivity index (χ1n) is 8.80. The van der Waals surface area contributed by atoms with E-state index in [1.54, 1.807) is 0 Å². The Morgan fingerprint density at radius 2 is 1.96 bits per heavy atom. The van der Waals surface area contributed by atoms with E-state index in [-0.39, 0.29) is 11.3 Å². The molecule has 0 aliphatic carbocycles. The fourth-order valence-electron chi connectivity index (χ4n) is 3.31. The highest BCUT2D eigenvalue weighted by atomic mass is 32.2. The van der Waals surface area contributed by atoms with E-state index in [0.717, 1.165) is 36.0 Å². The van der Waals surface area contributed by atoms with Gasteiger partial charge in [-0.15, -0.1) is 0 Å². The Kier molecular flexibility index (Phi) is 5.22. The predicted molar refractivity (Wildman–Crippen MR) is 104 cm³/mol. The van der Waals surface area contributed by atoms with Crippen LogP contribution in [0.4, 0.5) is 4.79 Å². The third-order valence-electron chi connectivity index (χ3n) is 4.62. The predicted octanol–water partition coefficient (Wildman–Crippen LogP) is 2.90. The molecule has 1 aromatic heterocycles. The monoisotopic (exact) mass is 381 g/mol. The average molecular weight is 381 g/mol. The second-order valence-electron chi connectivity index (χ2n) is 6.47. The van der Waals surface area contributed by atoms with Crippen molar-refractivity contribution in [2.45, 2.75) is 18.4 Å². The van der Waals surface area contributed by atoms with Gasteiger partial charge in [0.2, 0.25) is 0 Å². The largest absolute Gasteiger partial charge is 0.490 e. The number of carbonyl (C=O) groups excluding carboxylic acids is 2. The lowest BCUT2D eigenvalue weighted by atomic mass is 10.0. The summed E-state index contributed by atoms with van der Waals surface area (Å²) in [5.41, 5.74) is 1.86. The topological polar surface area (TPSA) is 80.3 Å². The Bertz CT molecular complexity index is 871. The number of thioether (sulfide) groups is 1. The van der Waals surface area contributed by atoms with Crippen LogP contribution in [0.3, 0.4) is 0 Å². The van der Waals surface area contributed by atoms with Crippen molar-refractivity contribution in [2.24, 2.45) is 0 Å². The molecular formula is C20H19N3O3S. The number of nitrogens with one attached hydrogen (secondary N) is 2. The number of benzene rings is 1. The van der Waals surface area contributed by atoms with Crippen molar-refractivity contribution in [3.05, 3.63) is 70.9 Å². The van der Waals surface area contributed by atoms with Crippen molar-refractivity contribution in [3.8, 4) is 0 Å². The Morgan fingerprint density at radius 3 is 2.67 bits per heavy atom. The molecule has 138 valence electrons. The van der Waals surface area contributed by atoms with Gasteiger partial charge in [-0.25, -0.2) is 0 Å². The first kappa shape index (κ1) is 17.8. The second-order valence-corrected chi connectivity index (χ2v) is 7.45. The van der Waals surface area contributed by atoms with E-state index in [4.69, 9.17) is 4.74 Å². The highest BCUT2D eigenvalue weighted by Gasteiger charge is 2.32. The standard InChI is InChI=1S/C20H19N3O3S/c24-19-18(27-20(25)23-19)17(13-6-2-1-3-7-13)26-12-15-10-14(11-22-15)16-8-4-5-9-21-16/h1-9,14-15,22H,10-12H2,(H,23,24,25)/t14?,15-/m0/s1. The summed E-state index contributed by atoms with van der Waals surface area (Å²) in [4.78, 5) is 28.4.